The van der Waals surface area contributed by atoms with Crippen molar-refractivity contribution >= 4 is 38.2 Å². The van der Waals surface area contributed by atoms with E-state index >= 15 is 0 Å². The Kier molecular flexibility index (Phi) is 5.45. The molecule has 2 rings (SSSR count). The largest absolute Gasteiger partial charge is 0.463 e. The van der Waals surface area contributed by atoms with Crippen LogP contribution in [-0.4, -0.2) is 33.7 Å². The Morgan fingerprint density at radius 2 is 1.79 bits per heavy atom. The number of fused-ring (bicyclic) bond motifs is 1. The minimum atomic E-state index is -2.22. The molecule has 128 valence electrons. The summed E-state index contributed by atoms with van der Waals surface area (Å²) in [5, 5.41) is 3.19. The van der Waals surface area contributed by atoms with Crippen LogP contribution in [0.2, 0.25) is 32.7 Å². The SMILES string of the molecule is CCOC(=O)/C(=C\[Si](C)(C)C)[Si](C)(C)c1cccc2cccnc12. The molecule has 1 aromatic heterocycles. The summed E-state index contributed by atoms with van der Waals surface area (Å²) in [5.74, 6) is -0.162. The van der Waals surface area contributed by atoms with Gasteiger partial charge in [0.15, 0.2) is 0 Å². The van der Waals surface area contributed by atoms with Gasteiger partial charge >= 0.3 is 5.97 Å². The minimum Gasteiger partial charge on any atom is -0.463 e. The Balaban J connectivity index is 2.66. The lowest BCUT2D eigenvalue weighted by Crippen LogP contribution is -2.48. The zero-order valence-electron chi connectivity index (χ0n) is 15.5. The summed E-state index contributed by atoms with van der Waals surface area (Å²) in [6.07, 6.45) is 1.82. The second kappa shape index (κ2) is 7.03. The van der Waals surface area contributed by atoms with Crippen LogP contribution in [-0.2, 0) is 9.53 Å². The first-order chi connectivity index (χ1) is 11.2. The zero-order chi connectivity index (χ0) is 18.0. The Morgan fingerprint density at radius 1 is 1.12 bits per heavy atom. The van der Waals surface area contributed by atoms with Gasteiger partial charge in [0.05, 0.1) is 20.2 Å². The number of nitrogens with zero attached hydrogens (tertiary/aromatic N) is 1. The third-order valence-electron chi connectivity index (χ3n) is 4.05. The van der Waals surface area contributed by atoms with Gasteiger partial charge in [0.2, 0.25) is 0 Å². The number of aromatic nitrogens is 1. The van der Waals surface area contributed by atoms with Crippen molar-refractivity contribution < 1.29 is 9.53 Å². The minimum absolute atomic E-state index is 0.162. The molecule has 0 fully saturated rings. The smallest absolute Gasteiger partial charge is 0.329 e. The molecule has 0 saturated heterocycles. The predicted octanol–water partition coefficient (Wildman–Crippen LogP) is 4.06. The molecule has 0 saturated carbocycles. The number of hydrogen-bond donors (Lipinski definition) is 0. The number of para-hydroxylation sites is 1. The molecule has 0 radical (unpaired) electrons. The van der Waals surface area contributed by atoms with Crippen LogP contribution in [0.5, 0.6) is 0 Å². The summed E-state index contributed by atoms with van der Waals surface area (Å²) >= 11 is 0. The molecule has 0 atom stereocenters. The summed E-state index contributed by atoms with van der Waals surface area (Å²) in [5.41, 5.74) is 3.22. The van der Waals surface area contributed by atoms with E-state index in [0.717, 1.165) is 16.1 Å². The van der Waals surface area contributed by atoms with Crippen molar-refractivity contribution in [2.75, 3.05) is 6.61 Å². The molecule has 0 unspecified atom stereocenters. The van der Waals surface area contributed by atoms with Gasteiger partial charge in [-0.2, -0.15) is 0 Å². The summed E-state index contributed by atoms with van der Waals surface area (Å²) in [4.78, 5) is 17.3. The number of carbonyl (C=O) groups excluding carboxylic acids is 1. The van der Waals surface area contributed by atoms with E-state index in [1.54, 1.807) is 0 Å². The number of carbonyl (C=O) groups is 1. The first kappa shape index (κ1) is 18.6. The molecule has 1 aromatic carbocycles. The quantitative estimate of drug-likeness (QED) is 0.460. The lowest BCUT2D eigenvalue weighted by molar-refractivity contribution is -0.137. The fraction of sp³-hybridized carbons (Fsp3) is 0.368. The molecule has 0 aliphatic carbocycles. The third kappa shape index (κ3) is 4.02. The Labute approximate surface area is 146 Å². The van der Waals surface area contributed by atoms with Gasteiger partial charge < -0.3 is 4.74 Å². The maximum Gasteiger partial charge on any atom is 0.329 e. The summed E-state index contributed by atoms with van der Waals surface area (Å²) in [6, 6.07) is 10.3. The van der Waals surface area contributed by atoms with Crippen LogP contribution < -0.4 is 5.19 Å². The lowest BCUT2D eigenvalue weighted by atomic mass is 10.2. The van der Waals surface area contributed by atoms with Crippen LogP contribution in [0.4, 0.5) is 0 Å². The van der Waals surface area contributed by atoms with Crippen molar-refractivity contribution in [3.05, 3.63) is 47.4 Å². The average molecular weight is 358 g/mol. The number of rotatable bonds is 5. The van der Waals surface area contributed by atoms with Gasteiger partial charge in [-0.15, -0.1) is 0 Å². The van der Waals surface area contributed by atoms with Crippen LogP contribution >= 0.6 is 0 Å². The number of hydrogen-bond acceptors (Lipinski definition) is 3. The monoisotopic (exact) mass is 357 g/mol. The molecule has 0 spiro atoms. The van der Waals surface area contributed by atoms with E-state index in [-0.39, 0.29) is 5.97 Å². The van der Waals surface area contributed by atoms with Gasteiger partial charge in [-0.05, 0) is 18.2 Å². The third-order valence-corrected chi connectivity index (χ3v) is 8.94. The topological polar surface area (TPSA) is 39.2 Å². The first-order valence-electron chi connectivity index (χ1n) is 8.41. The summed E-state index contributed by atoms with van der Waals surface area (Å²) in [6.45, 7) is 13.4. The molecule has 1 heterocycles. The van der Waals surface area contributed by atoms with Gasteiger partial charge in [-0.3, -0.25) is 4.98 Å². The molecule has 2 aromatic rings. The lowest BCUT2D eigenvalue weighted by Gasteiger charge is -2.28. The number of benzene rings is 1. The predicted molar refractivity (Wildman–Crippen MR) is 107 cm³/mol. The zero-order valence-corrected chi connectivity index (χ0v) is 17.5. The molecule has 0 aliphatic heterocycles. The molecule has 0 bridgehead atoms. The van der Waals surface area contributed by atoms with Crippen molar-refractivity contribution in [2.24, 2.45) is 0 Å². The highest BCUT2D eigenvalue weighted by Gasteiger charge is 2.36. The maximum atomic E-state index is 12.7. The number of ether oxygens (including phenoxy) is 1. The van der Waals surface area contributed by atoms with Crippen LogP contribution in [0, 0.1) is 0 Å². The summed E-state index contributed by atoms with van der Waals surface area (Å²) < 4.78 is 5.40. The molecule has 0 aliphatic rings. The van der Waals surface area contributed by atoms with Crippen LogP contribution in [0.3, 0.4) is 0 Å². The van der Waals surface area contributed by atoms with Crippen LogP contribution in [0.25, 0.3) is 10.9 Å². The maximum absolute atomic E-state index is 12.7. The number of esters is 1. The highest BCUT2D eigenvalue weighted by Crippen LogP contribution is 2.23. The molecule has 0 amide bonds. The average Bonchev–Trinajstić information content (AvgIpc) is 2.51. The summed E-state index contributed by atoms with van der Waals surface area (Å²) in [7, 11) is -3.80. The van der Waals surface area contributed by atoms with Crippen molar-refractivity contribution in [1.29, 1.82) is 0 Å². The van der Waals surface area contributed by atoms with Crippen molar-refractivity contribution in [3.8, 4) is 0 Å². The van der Waals surface area contributed by atoms with E-state index in [9.17, 15) is 4.79 Å². The van der Waals surface area contributed by atoms with E-state index in [2.05, 4.69) is 67.7 Å². The molecule has 3 nitrogen and oxygen atoms in total. The Bertz CT molecular complexity index is 771. The van der Waals surface area contributed by atoms with E-state index in [1.807, 2.05) is 19.2 Å². The van der Waals surface area contributed by atoms with Gasteiger partial charge in [-0.1, -0.05) is 62.7 Å². The second-order valence-corrected chi connectivity index (χ2v) is 17.0. The van der Waals surface area contributed by atoms with Crippen molar-refractivity contribution in [1.82, 2.24) is 4.98 Å². The highest BCUT2D eigenvalue weighted by molar-refractivity contribution is 7.01. The Morgan fingerprint density at radius 3 is 2.42 bits per heavy atom. The fourth-order valence-electron chi connectivity index (χ4n) is 2.89. The van der Waals surface area contributed by atoms with Crippen LogP contribution in [0.1, 0.15) is 6.92 Å². The molecule has 0 N–H and O–H groups in total. The van der Waals surface area contributed by atoms with E-state index < -0.39 is 16.1 Å². The standard InChI is InChI=1S/C19H27NO2Si2/c1-7-22-19(21)17(14-23(2,3)4)24(5,6)16-12-8-10-15-11-9-13-20-18(15)16/h8-14H,7H2,1-6H3/b17-14+. The van der Waals surface area contributed by atoms with Gasteiger partial charge in [0, 0.05) is 16.8 Å². The second-order valence-electron chi connectivity index (χ2n) is 7.65. The Hall–Kier alpha value is -1.73. The number of pyridine rings is 1. The molecule has 5 heteroatoms. The van der Waals surface area contributed by atoms with Crippen molar-refractivity contribution in [3.63, 3.8) is 0 Å². The molecule has 24 heavy (non-hydrogen) atoms. The normalized spacial score (nSPS) is 13.2. The van der Waals surface area contributed by atoms with E-state index in [1.165, 1.54) is 5.19 Å². The molecular weight excluding hydrogens is 330 g/mol. The van der Waals surface area contributed by atoms with Crippen LogP contribution in [0.15, 0.2) is 47.4 Å². The molecular formula is C19H27NO2Si2. The fourth-order valence-corrected chi connectivity index (χ4v) is 8.80. The van der Waals surface area contributed by atoms with Crippen molar-refractivity contribution in [2.45, 2.75) is 39.7 Å². The van der Waals surface area contributed by atoms with Gasteiger partial charge in [-0.25, -0.2) is 4.79 Å². The van der Waals surface area contributed by atoms with Gasteiger partial charge in [0.25, 0.3) is 0 Å². The van der Waals surface area contributed by atoms with E-state index in [4.69, 9.17) is 4.74 Å². The van der Waals surface area contributed by atoms with E-state index in [0.29, 0.717) is 6.61 Å². The van der Waals surface area contributed by atoms with Gasteiger partial charge in [0.1, 0.15) is 8.07 Å². The first-order valence-corrected chi connectivity index (χ1v) is 15.0. The highest BCUT2D eigenvalue weighted by atomic mass is 28.3.